The topological polar surface area (TPSA) is 120 Å². The second-order valence-electron chi connectivity index (χ2n) is 11.2. The van der Waals surface area contributed by atoms with Crippen LogP contribution in [0.15, 0.2) is 33.2 Å². The number of amides is 1. The smallest absolute Gasteiger partial charge is 0.429 e. The summed E-state index contributed by atoms with van der Waals surface area (Å²) in [7, 11) is 0. The number of nitrogens with two attached hydrogens (primary N) is 1. The molecule has 1 spiro atoms. The molecule has 2 fully saturated rings. The monoisotopic (exact) mass is 735 g/mol. The van der Waals surface area contributed by atoms with Gasteiger partial charge in [-0.3, -0.25) is 4.90 Å². The van der Waals surface area contributed by atoms with Crippen LogP contribution in [0.1, 0.15) is 51.7 Å². The fourth-order valence-electron chi connectivity index (χ4n) is 5.41. The summed E-state index contributed by atoms with van der Waals surface area (Å²) >= 11 is 6.37. The molecule has 2 saturated heterocycles. The number of hydrogen-bond acceptors (Lipinski definition) is 9. The Morgan fingerprint density at radius 1 is 1.14 bits per heavy atom. The molecular formula is C28H34Br2F3N5O5. The van der Waals surface area contributed by atoms with Gasteiger partial charge >= 0.3 is 18.2 Å². The quantitative estimate of drug-likeness (QED) is 0.312. The van der Waals surface area contributed by atoms with E-state index in [4.69, 9.17) is 19.9 Å². The van der Waals surface area contributed by atoms with Crippen molar-refractivity contribution in [3.8, 4) is 5.88 Å². The van der Waals surface area contributed by atoms with Crippen LogP contribution in [0.25, 0.3) is 0 Å². The summed E-state index contributed by atoms with van der Waals surface area (Å²) in [6, 6.07) is 5.17. The first-order valence-electron chi connectivity index (χ1n) is 13.9. The molecule has 4 rings (SSSR count). The highest BCUT2D eigenvalue weighted by Gasteiger charge is 2.51. The van der Waals surface area contributed by atoms with Crippen molar-refractivity contribution in [2.75, 3.05) is 43.5 Å². The van der Waals surface area contributed by atoms with E-state index in [1.165, 1.54) is 23.1 Å². The van der Waals surface area contributed by atoms with E-state index < -0.39 is 30.4 Å². The standard InChI is InChI=1S/C28H34Br2F3N5O5/c1-4-41-24(39)19-13-27(15-38(19)26(40)42-14-16(2)3)8-10-37(11-9-27)20-12-21(36-25(34)35-20)43-23(28(31,32)33)22-17(29)6-5-7-18(22)30/h5-7,12,16,19,23H,4,8-11,13-15H2,1-3H3,(H2,34,35,36)/t19?,23-/m1/s1. The highest BCUT2D eigenvalue weighted by molar-refractivity contribution is 9.11. The Morgan fingerprint density at radius 3 is 2.37 bits per heavy atom. The van der Waals surface area contributed by atoms with Crippen LogP contribution in [0.5, 0.6) is 5.88 Å². The summed E-state index contributed by atoms with van der Waals surface area (Å²) in [6.45, 7) is 7.24. The van der Waals surface area contributed by atoms with Crippen molar-refractivity contribution in [2.45, 2.75) is 58.4 Å². The number of carbonyl (C=O) groups is 2. The molecule has 2 N–H and O–H groups in total. The molecule has 1 aromatic heterocycles. The number of esters is 1. The fourth-order valence-corrected chi connectivity index (χ4v) is 6.83. The molecule has 2 aliphatic rings. The number of nitrogen functional groups attached to an aromatic ring is 1. The van der Waals surface area contributed by atoms with Crippen LogP contribution in [-0.2, 0) is 14.3 Å². The summed E-state index contributed by atoms with van der Waals surface area (Å²) in [5, 5.41) is 0. The van der Waals surface area contributed by atoms with Gasteiger partial charge in [-0.05, 0) is 49.7 Å². The molecule has 236 valence electrons. The van der Waals surface area contributed by atoms with Crippen LogP contribution < -0.4 is 15.4 Å². The largest absolute Gasteiger partial charge is 0.464 e. The molecular weight excluding hydrogens is 703 g/mol. The highest BCUT2D eigenvalue weighted by atomic mass is 79.9. The molecule has 0 bridgehead atoms. The van der Waals surface area contributed by atoms with E-state index in [0.717, 1.165) is 0 Å². The number of rotatable bonds is 8. The Labute approximate surface area is 264 Å². The van der Waals surface area contributed by atoms with Crippen LogP contribution in [0, 0.1) is 11.3 Å². The Balaban J connectivity index is 1.51. The maximum atomic E-state index is 14.2. The molecule has 1 amide bonds. The van der Waals surface area contributed by atoms with E-state index in [2.05, 4.69) is 41.8 Å². The number of carbonyl (C=O) groups excluding carboxylic acids is 2. The molecule has 3 heterocycles. The number of alkyl halides is 3. The second-order valence-corrected chi connectivity index (χ2v) is 12.9. The molecule has 10 nitrogen and oxygen atoms in total. The van der Waals surface area contributed by atoms with E-state index in [1.54, 1.807) is 13.0 Å². The number of likely N-dealkylation sites (tertiary alicyclic amines) is 1. The van der Waals surface area contributed by atoms with Gasteiger partial charge in [-0.25, -0.2) is 9.59 Å². The van der Waals surface area contributed by atoms with Crippen LogP contribution in [0.3, 0.4) is 0 Å². The molecule has 2 atom stereocenters. The minimum Gasteiger partial charge on any atom is -0.464 e. The van der Waals surface area contributed by atoms with Gasteiger partial charge in [0.15, 0.2) is 0 Å². The first-order chi connectivity index (χ1) is 20.2. The predicted molar refractivity (Wildman–Crippen MR) is 160 cm³/mol. The van der Waals surface area contributed by atoms with Gasteiger partial charge in [-0.2, -0.15) is 23.1 Å². The lowest BCUT2D eigenvalue weighted by atomic mass is 9.76. The highest BCUT2D eigenvalue weighted by Crippen LogP contribution is 2.46. The average Bonchev–Trinajstić information content (AvgIpc) is 3.30. The van der Waals surface area contributed by atoms with Gasteiger partial charge in [0.25, 0.3) is 0 Å². The van der Waals surface area contributed by atoms with E-state index in [-0.39, 0.29) is 50.9 Å². The molecule has 0 saturated carbocycles. The number of benzene rings is 1. The van der Waals surface area contributed by atoms with E-state index >= 15 is 0 Å². The van der Waals surface area contributed by atoms with Gasteiger partial charge < -0.3 is 24.8 Å². The minimum absolute atomic E-state index is 0.137. The Kier molecular flexibility index (Phi) is 10.4. The normalized spacial score (nSPS) is 19.0. The zero-order valence-electron chi connectivity index (χ0n) is 24.0. The molecule has 1 unspecified atom stereocenters. The maximum absolute atomic E-state index is 14.2. The van der Waals surface area contributed by atoms with Crippen LogP contribution in [-0.4, -0.2) is 72.0 Å². The van der Waals surface area contributed by atoms with Crippen LogP contribution in [0.2, 0.25) is 0 Å². The van der Waals surface area contributed by atoms with Crippen molar-refractivity contribution in [1.82, 2.24) is 14.9 Å². The van der Waals surface area contributed by atoms with Crippen molar-refractivity contribution >= 4 is 55.7 Å². The molecule has 15 heteroatoms. The minimum atomic E-state index is -4.76. The van der Waals surface area contributed by atoms with Crippen molar-refractivity contribution in [3.05, 3.63) is 38.8 Å². The third kappa shape index (κ3) is 7.83. The first-order valence-corrected chi connectivity index (χ1v) is 15.5. The number of aromatic nitrogens is 2. The summed E-state index contributed by atoms with van der Waals surface area (Å²) in [4.78, 5) is 37.2. The Bertz CT molecular complexity index is 1300. The van der Waals surface area contributed by atoms with Crippen molar-refractivity contribution < 1.29 is 37.0 Å². The van der Waals surface area contributed by atoms with Crippen molar-refractivity contribution in [3.63, 3.8) is 0 Å². The maximum Gasteiger partial charge on any atom is 0.429 e. The van der Waals surface area contributed by atoms with Crippen LogP contribution in [0.4, 0.5) is 29.7 Å². The van der Waals surface area contributed by atoms with Gasteiger partial charge in [0.2, 0.25) is 17.9 Å². The van der Waals surface area contributed by atoms with Gasteiger partial charge in [0.1, 0.15) is 11.9 Å². The van der Waals surface area contributed by atoms with Gasteiger partial charge in [0, 0.05) is 40.2 Å². The van der Waals surface area contributed by atoms with Gasteiger partial charge in [0.05, 0.1) is 13.2 Å². The summed E-state index contributed by atoms with van der Waals surface area (Å²) in [5.41, 5.74) is 5.41. The summed E-state index contributed by atoms with van der Waals surface area (Å²) in [5.74, 6) is -0.569. The van der Waals surface area contributed by atoms with Crippen LogP contribution >= 0.6 is 31.9 Å². The van der Waals surface area contributed by atoms with Gasteiger partial charge in [-0.15, -0.1) is 0 Å². The van der Waals surface area contributed by atoms with E-state index in [1.807, 2.05) is 18.7 Å². The van der Waals surface area contributed by atoms with E-state index in [9.17, 15) is 22.8 Å². The van der Waals surface area contributed by atoms with Gasteiger partial charge in [-0.1, -0.05) is 51.8 Å². The molecule has 43 heavy (non-hydrogen) atoms. The number of ether oxygens (including phenoxy) is 3. The average molecular weight is 737 g/mol. The molecule has 0 aliphatic carbocycles. The zero-order valence-corrected chi connectivity index (χ0v) is 27.2. The molecule has 2 aliphatic heterocycles. The predicted octanol–water partition coefficient (Wildman–Crippen LogP) is 6.28. The van der Waals surface area contributed by atoms with Crippen molar-refractivity contribution in [1.29, 1.82) is 0 Å². The molecule has 0 radical (unpaired) electrons. The molecule has 1 aromatic carbocycles. The lowest BCUT2D eigenvalue weighted by Crippen LogP contribution is -2.44. The second kappa shape index (κ2) is 13.4. The summed E-state index contributed by atoms with van der Waals surface area (Å²) < 4.78 is 59.1. The number of halogens is 5. The van der Waals surface area contributed by atoms with Crippen molar-refractivity contribution in [2.24, 2.45) is 11.3 Å². The lowest BCUT2D eigenvalue weighted by Gasteiger charge is -2.39. The fraction of sp³-hybridized carbons (Fsp3) is 0.571. The number of anilines is 2. The number of hydrogen-bond donors (Lipinski definition) is 1. The zero-order chi connectivity index (χ0) is 31.5. The lowest BCUT2D eigenvalue weighted by molar-refractivity contribution is -0.199. The third-order valence-corrected chi connectivity index (χ3v) is 8.88. The van der Waals surface area contributed by atoms with E-state index in [0.29, 0.717) is 44.7 Å². The first kappa shape index (κ1) is 33.1. The number of nitrogens with zero attached hydrogens (tertiary/aromatic N) is 4. The Hall–Kier alpha value is -2.81. The summed E-state index contributed by atoms with van der Waals surface area (Å²) in [6.07, 6.45) is -6.04. The SMILES string of the molecule is CCOC(=O)C1CC2(CCN(c3cc(O[C@H](c4c(Br)cccc4Br)C(F)(F)F)nc(N)n3)CC2)CN1C(=O)OCC(C)C. The molecule has 2 aromatic rings. The Morgan fingerprint density at radius 2 is 1.79 bits per heavy atom. The third-order valence-electron chi connectivity index (χ3n) is 7.49. The number of piperidine rings is 1.